The molecule has 0 spiro atoms. The van der Waals surface area contributed by atoms with Gasteiger partial charge in [0.2, 0.25) is 0 Å². The van der Waals surface area contributed by atoms with Crippen LogP contribution in [0.2, 0.25) is 0 Å². The summed E-state index contributed by atoms with van der Waals surface area (Å²) in [5, 5.41) is 3.61. The molecular weight excluding hydrogens is 211 g/mol. The van der Waals surface area contributed by atoms with Gasteiger partial charge in [-0.15, -0.1) is 0 Å². The van der Waals surface area contributed by atoms with Crippen LogP contribution >= 0.6 is 0 Å². The van der Waals surface area contributed by atoms with Crippen molar-refractivity contribution in [2.75, 3.05) is 12.8 Å². The van der Waals surface area contributed by atoms with Gasteiger partial charge in [-0.2, -0.15) is 0 Å². The average molecular weight is 222 g/mol. The second-order valence-electron chi connectivity index (χ2n) is 3.35. The second-order valence-corrected chi connectivity index (χ2v) is 3.35. The molecule has 16 heavy (non-hydrogen) atoms. The number of aromatic nitrogens is 1. The zero-order chi connectivity index (χ0) is 11.7. The topological polar surface area (TPSA) is 61.3 Å². The van der Waals surface area contributed by atoms with E-state index in [-0.39, 0.29) is 11.6 Å². The third-order valence-corrected chi connectivity index (χ3v) is 2.33. The normalized spacial score (nSPS) is 10.4. The highest BCUT2D eigenvalue weighted by atomic mass is 19.1. The van der Waals surface area contributed by atoms with Crippen LogP contribution in [0, 0.1) is 12.7 Å². The fourth-order valence-electron chi connectivity index (χ4n) is 1.56. The summed E-state index contributed by atoms with van der Waals surface area (Å²) in [5.74, 6) is 0.556. The van der Waals surface area contributed by atoms with Gasteiger partial charge in [-0.3, -0.25) is 0 Å². The van der Waals surface area contributed by atoms with Crippen molar-refractivity contribution in [1.82, 2.24) is 5.16 Å². The van der Waals surface area contributed by atoms with Crippen molar-refractivity contribution in [3.8, 4) is 16.9 Å². The summed E-state index contributed by atoms with van der Waals surface area (Å²) >= 11 is 0. The molecule has 1 heterocycles. The van der Waals surface area contributed by atoms with Crippen LogP contribution in [0.4, 0.5) is 10.2 Å². The zero-order valence-electron chi connectivity index (χ0n) is 8.95. The standard InChI is InChI=1S/C11H11FN2O2/c1-6-10(11(13)14-16-6)7-3-4-9(15-2)8(12)5-7/h3-5H,1-2H3,(H2,13,14). The Bertz CT molecular complexity index is 503. The summed E-state index contributed by atoms with van der Waals surface area (Å²) < 4.78 is 23.2. The Morgan fingerprint density at radius 1 is 1.44 bits per heavy atom. The van der Waals surface area contributed by atoms with E-state index in [1.165, 1.54) is 19.2 Å². The molecule has 0 unspecified atom stereocenters. The smallest absolute Gasteiger partial charge is 0.175 e. The molecule has 2 N–H and O–H groups in total. The molecular formula is C11H11FN2O2. The van der Waals surface area contributed by atoms with Gasteiger partial charge < -0.3 is 15.0 Å². The van der Waals surface area contributed by atoms with Gasteiger partial charge in [0.05, 0.1) is 12.7 Å². The van der Waals surface area contributed by atoms with Gasteiger partial charge in [-0.05, 0) is 24.6 Å². The lowest BCUT2D eigenvalue weighted by Crippen LogP contribution is -1.91. The molecule has 1 aromatic heterocycles. The highest BCUT2D eigenvalue weighted by Gasteiger charge is 2.14. The number of halogens is 1. The summed E-state index contributed by atoms with van der Waals surface area (Å²) in [5.41, 5.74) is 6.87. The maximum Gasteiger partial charge on any atom is 0.175 e. The Hall–Kier alpha value is -2.04. The van der Waals surface area contributed by atoms with Crippen LogP contribution in [0.25, 0.3) is 11.1 Å². The van der Waals surface area contributed by atoms with Crippen molar-refractivity contribution in [3.05, 3.63) is 29.8 Å². The molecule has 0 saturated carbocycles. The van der Waals surface area contributed by atoms with E-state index in [9.17, 15) is 4.39 Å². The number of nitrogens with two attached hydrogens (primary N) is 1. The lowest BCUT2D eigenvalue weighted by Gasteiger charge is -2.04. The van der Waals surface area contributed by atoms with E-state index >= 15 is 0 Å². The van der Waals surface area contributed by atoms with E-state index in [1.807, 2.05) is 0 Å². The van der Waals surface area contributed by atoms with Gasteiger partial charge in [0.25, 0.3) is 0 Å². The minimum absolute atomic E-state index is 0.191. The first-order valence-corrected chi connectivity index (χ1v) is 4.69. The van der Waals surface area contributed by atoms with Crippen molar-refractivity contribution in [2.24, 2.45) is 0 Å². The minimum atomic E-state index is -0.444. The van der Waals surface area contributed by atoms with Gasteiger partial charge in [0, 0.05) is 0 Å². The number of anilines is 1. The second kappa shape index (κ2) is 3.84. The molecule has 0 atom stereocenters. The molecule has 2 aromatic rings. The Kier molecular flexibility index (Phi) is 2.52. The number of rotatable bonds is 2. The molecule has 4 nitrogen and oxygen atoms in total. The molecule has 0 aliphatic carbocycles. The number of aryl methyl sites for hydroxylation is 1. The molecule has 0 radical (unpaired) electrons. The van der Waals surface area contributed by atoms with Gasteiger partial charge in [0.1, 0.15) is 5.76 Å². The number of benzene rings is 1. The Morgan fingerprint density at radius 2 is 2.19 bits per heavy atom. The number of ether oxygens (including phenoxy) is 1. The maximum atomic E-state index is 13.5. The molecule has 0 fully saturated rings. The third kappa shape index (κ3) is 1.60. The maximum absolute atomic E-state index is 13.5. The number of nitrogen functional groups attached to an aromatic ring is 1. The lowest BCUT2D eigenvalue weighted by molar-refractivity contribution is 0.386. The predicted octanol–water partition coefficient (Wildman–Crippen LogP) is 2.38. The van der Waals surface area contributed by atoms with Crippen LogP contribution in [-0.4, -0.2) is 12.3 Å². The SMILES string of the molecule is COc1ccc(-c2c(N)noc2C)cc1F. The average Bonchev–Trinajstić information content (AvgIpc) is 2.58. The van der Waals surface area contributed by atoms with Crippen molar-refractivity contribution in [3.63, 3.8) is 0 Å². The highest BCUT2D eigenvalue weighted by Crippen LogP contribution is 2.31. The fourth-order valence-corrected chi connectivity index (χ4v) is 1.56. The molecule has 2 rings (SSSR count). The molecule has 1 aromatic carbocycles. The van der Waals surface area contributed by atoms with Crippen LogP contribution < -0.4 is 10.5 Å². The van der Waals surface area contributed by atoms with E-state index in [1.54, 1.807) is 13.0 Å². The summed E-state index contributed by atoms with van der Waals surface area (Å²) in [6, 6.07) is 4.59. The van der Waals surface area contributed by atoms with Crippen LogP contribution in [0.1, 0.15) is 5.76 Å². The molecule has 0 amide bonds. The van der Waals surface area contributed by atoms with Crippen LogP contribution in [0.3, 0.4) is 0 Å². The fraction of sp³-hybridized carbons (Fsp3) is 0.182. The lowest BCUT2D eigenvalue weighted by atomic mass is 10.1. The summed E-state index contributed by atoms with van der Waals surface area (Å²) in [7, 11) is 1.41. The van der Waals surface area contributed by atoms with Crippen LogP contribution in [0.5, 0.6) is 5.75 Å². The van der Waals surface area contributed by atoms with E-state index in [2.05, 4.69) is 5.16 Å². The van der Waals surface area contributed by atoms with Gasteiger partial charge >= 0.3 is 0 Å². The Labute approximate surface area is 91.8 Å². The first-order valence-electron chi connectivity index (χ1n) is 4.69. The number of hydrogen-bond donors (Lipinski definition) is 1. The molecule has 0 aliphatic rings. The Balaban J connectivity index is 2.53. The number of nitrogens with zero attached hydrogens (tertiary/aromatic N) is 1. The van der Waals surface area contributed by atoms with Gasteiger partial charge in [-0.1, -0.05) is 11.2 Å². The van der Waals surface area contributed by atoms with Crippen LogP contribution in [0.15, 0.2) is 22.7 Å². The van der Waals surface area contributed by atoms with E-state index in [4.69, 9.17) is 15.0 Å². The van der Waals surface area contributed by atoms with Crippen molar-refractivity contribution in [2.45, 2.75) is 6.92 Å². The van der Waals surface area contributed by atoms with E-state index in [0.717, 1.165) is 0 Å². The summed E-state index contributed by atoms with van der Waals surface area (Å²) in [6.45, 7) is 1.72. The number of methoxy groups -OCH3 is 1. The molecule has 0 bridgehead atoms. The minimum Gasteiger partial charge on any atom is -0.494 e. The molecule has 0 saturated heterocycles. The summed E-state index contributed by atoms with van der Waals surface area (Å²) in [6.07, 6.45) is 0. The zero-order valence-corrected chi connectivity index (χ0v) is 8.95. The largest absolute Gasteiger partial charge is 0.494 e. The highest BCUT2D eigenvalue weighted by molar-refractivity contribution is 5.75. The van der Waals surface area contributed by atoms with Crippen molar-refractivity contribution >= 4 is 5.82 Å². The molecule has 0 aliphatic heterocycles. The van der Waals surface area contributed by atoms with Crippen molar-refractivity contribution < 1.29 is 13.7 Å². The van der Waals surface area contributed by atoms with Gasteiger partial charge in [-0.25, -0.2) is 4.39 Å². The van der Waals surface area contributed by atoms with E-state index in [0.29, 0.717) is 16.9 Å². The van der Waals surface area contributed by atoms with Crippen molar-refractivity contribution in [1.29, 1.82) is 0 Å². The Morgan fingerprint density at radius 3 is 2.69 bits per heavy atom. The monoisotopic (exact) mass is 222 g/mol. The molecule has 5 heteroatoms. The van der Waals surface area contributed by atoms with Crippen LogP contribution in [-0.2, 0) is 0 Å². The molecule has 84 valence electrons. The number of hydrogen-bond acceptors (Lipinski definition) is 4. The third-order valence-electron chi connectivity index (χ3n) is 2.33. The van der Waals surface area contributed by atoms with Gasteiger partial charge in [0.15, 0.2) is 17.4 Å². The first-order chi connectivity index (χ1) is 7.63. The first kappa shape index (κ1) is 10.5. The predicted molar refractivity (Wildman–Crippen MR) is 57.6 cm³/mol. The van der Waals surface area contributed by atoms with E-state index < -0.39 is 5.82 Å². The summed E-state index contributed by atoms with van der Waals surface area (Å²) in [4.78, 5) is 0. The quantitative estimate of drug-likeness (QED) is 0.847.